The zero-order valence-electron chi connectivity index (χ0n) is 13.4. The standard InChI is InChI=1S/C16H12N4O.C2H4O2/c17-10-6-11-14-12(8-18-20-16(11)21)15(19-13(14)7-10)9-4-2-1-3-5-9;1-2(3)4/h1-8,19H,17H2,(H,20,21);1H3,(H,3,4). The Balaban J connectivity index is 0.000000415. The Hall–Kier alpha value is -3.61. The summed E-state index contributed by atoms with van der Waals surface area (Å²) in [5.74, 6) is -1.08. The fourth-order valence-electron chi connectivity index (χ4n) is 2.74. The lowest BCUT2D eigenvalue weighted by Crippen LogP contribution is -2.16. The number of nitrogen functional groups attached to an aromatic ring is 1. The molecule has 3 aromatic rings. The minimum atomic E-state index is -0.833. The molecule has 4 rings (SSSR count). The molecule has 1 aromatic heterocycles. The number of hydrogen-bond acceptors (Lipinski definition) is 4. The van der Waals surface area contributed by atoms with Crippen molar-refractivity contribution < 1.29 is 14.7 Å². The van der Waals surface area contributed by atoms with Crippen molar-refractivity contribution in [3.8, 4) is 11.3 Å². The van der Waals surface area contributed by atoms with E-state index in [1.54, 1.807) is 12.3 Å². The van der Waals surface area contributed by atoms with E-state index in [1.165, 1.54) is 0 Å². The van der Waals surface area contributed by atoms with Crippen molar-refractivity contribution in [2.75, 3.05) is 5.73 Å². The molecule has 0 spiro atoms. The molecule has 1 amide bonds. The van der Waals surface area contributed by atoms with Gasteiger partial charge in [0, 0.05) is 29.1 Å². The third kappa shape index (κ3) is 3.20. The summed E-state index contributed by atoms with van der Waals surface area (Å²) in [5, 5.41) is 12.3. The Morgan fingerprint density at radius 3 is 2.56 bits per heavy atom. The number of carbonyl (C=O) groups excluding carboxylic acids is 1. The van der Waals surface area contributed by atoms with Crippen molar-refractivity contribution in [1.29, 1.82) is 0 Å². The Morgan fingerprint density at radius 2 is 1.88 bits per heavy atom. The molecule has 1 aliphatic rings. The number of hydrogen-bond donors (Lipinski definition) is 4. The van der Waals surface area contributed by atoms with Gasteiger partial charge < -0.3 is 15.8 Å². The quantitative estimate of drug-likeness (QED) is 0.510. The van der Waals surface area contributed by atoms with E-state index in [4.69, 9.17) is 15.6 Å². The summed E-state index contributed by atoms with van der Waals surface area (Å²) in [5.41, 5.74) is 13.2. The van der Waals surface area contributed by atoms with Crippen LogP contribution in [0, 0.1) is 0 Å². The average molecular weight is 336 g/mol. The molecule has 0 fully saturated rings. The zero-order chi connectivity index (χ0) is 18.0. The number of rotatable bonds is 1. The van der Waals surface area contributed by atoms with Crippen LogP contribution in [0.15, 0.2) is 47.6 Å². The molecule has 0 radical (unpaired) electrons. The van der Waals surface area contributed by atoms with E-state index in [1.807, 2.05) is 36.4 Å². The number of carbonyl (C=O) groups is 2. The van der Waals surface area contributed by atoms with Crippen LogP contribution in [0.2, 0.25) is 0 Å². The number of carboxylic acid groups (broad SMARTS) is 1. The van der Waals surface area contributed by atoms with Crippen molar-refractivity contribution in [2.24, 2.45) is 5.10 Å². The molecule has 0 saturated heterocycles. The molecule has 0 bridgehead atoms. The molecular weight excluding hydrogens is 320 g/mol. The minimum absolute atomic E-state index is 0.249. The second-order valence-electron chi connectivity index (χ2n) is 5.49. The summed E-state index contributed by atoms with van der Waals surface area (Å²) in [6.45, 7) is 1.08. The second-order valence-corrected chi connectivity index (χ2v) is 5.49. The smallest absolute Gasteiger partial charge is 0.300 e. The number of nitrogens with two attached hydrogens (primary N) is 1. The van der Waals surface area contributed by atoms with Gasteiger partial charge in [-0.25, -0.2) is 5.43 Å². The van der Waals surface area contributed by atoms with E-state index in [0.29, 0.717) is 11.3 Å². The second kappa shape index (κ2) is 6.48. The molecule has 0 saturated carbocycles. The van der Waals surface area contributed by atoms with Gasteiger partial charge in [-0.15, -0.1) is 0 Å². The normalized spacial score (nSPS) is 12.1. The third-order valence-corrected chi connectivity index (χ3v) is 3.63. The number of nitrogens with zero attached hydrogens (tertiary/aromatic N) is 1. The molecule has 1 aliphatic heterocycles. The van der Waals surface area contributed by atoms with Crippen LogP contribution in [0.25, 0.3) is 22.2 Å². The van der Waals surface area contributed by atoms with Gasteiger partial charge in [0.2, 0.25) is 0 Å². The molecule has 2 heterocycles. The van der Waals surface area contributed by atoms with Crippen LogP contribution in [0.4, 0.5) is 5.69 Å². The molecule has 0 unspecified atom stereocenters. The predicted molar refractivity (Wildman–Crippen MR) is 96.5 cm³/mol. The molecule has 25 heavy (non-hydrogen) atoms. The van der Waals surface area contributed by atoms with Crippen LogP contribution in [0.3, 0.4) is 0 Å². The highest BCUT2D eigenvalue weighted by Crippen LogP contribution is 2.33. The highest BCUT2D eigenvalue weighted by Gasteiger charge is 2.21. The molecule has 126 valence electrons. The number of aromatic amines is 1. The van der Waals surface area contributed by atoms with Crippen LogP contribution < -0.4 is 11.2 Å². The van der Waals surface area contributed by atoms with E-state index < -0.39 is 5.97 Å². The molecule has 0 aliphatic carbocycles. The monoisotopic (exact) mass is 336 g/mol. The predicted octanol–water partition coefficient (Wildman–Crippen LogP) is 2.59. The number of amides is 1. The Kier molecular flexibility index (Phi) is 4.21. The maximum absolute atomic E-state index is 12.1. The molecule has 0 atom stereocenters. The number of H-pyrrole nitrogens is 1. The first-order valence-corrected chi connectivity index (χ1v) is 7.51. The first kappa shape index (κ1) is 16.3. The summed E-state index contributed by atoms with van der Waals surface area (Å²) < 4.78 is 0. The fraction of sp³-hybridized carbons (Fsp3) is 0.0556. The van der Waals surface area contributed by atoms with Gasteiger partial charge in [0.15, 0.2) is 0 Å². The van der Waals surface area contributed by atoms with Gasteiger partial charge in [0.25, 0.3) is 11.9 Å². The van der Waals surface area contributed by atoms with Crippen molar-refractivity contribution in [2.45, 2.75) is 6.92 Å². The topological polar surface area (TPSA) is 121 Å². The highest BCUT2D eigenvalue weighted by molar-refractivity contribution is 6.17. The lowest BCUT2D eigenvalue weighted by Gasteiger charge is -2.02. The van der Waals surface area contributed by atoms with Crippen molar-refractivity contribution in [3.63, 3.8) is 0 Å². The minimum Gasteiger partial charge on any atom is -0.481 e. The van der Waals surface area contributed by atoms with Crippen LogP contribution >= 0.6 is 0 Å². The SMILES string of the molecule is CC(=O)O.Nc1cc2c3c(c(-c4ccccc4)[nH]c3c1)C=NNC2=O. The molecular formula is C18H16N4O3. The van der Waals surface area contributed by atoms with Crippen LogP contribution in [-0.4, -0.2) is 28.2 Å². The number of anilines is 1. The van der Waals surface area contributed by atoms with E-state index in [0.717, 1.165) is 34.6 Å². The Bertz CT molecular complexity index is 986. The van der Waals surface area contributed by atoms with Crippen LogP contribution in [0.1, 0.15) is 22.8 Å². The van der Waals surface area contributed by atoms with Gasteiger partial charge in [-0.2, -0.15) is 5.10 Å². The number of benzene rings is 2. The summed E-state index contributed by atoms with van der Waals surface area (Å²) in [6.07, 6.45) is 1.67. The van der Waals surface area contributed by atoms with Gasteiger partial charge in [-0.3, -0.25) is 9.59 Å². The van der Waals surface area contributed by atoms with Crippen LogP contribution in [0.5, 0.6) is 0 Å². The summed E-state index contributed by atoms with van der Waals surface area (Å²) in [4.78, 5) is 24.4. The average Bonchev–Trinajstić information content (AvgIpc) is 2.83. The number of hydrazone groups is 1. The maximum Gasteiger partial charge on any atom is 0.300 e. The van der Waals surface area contributed by atoms with E-state index >= 15 is 0 Å². The van der Waals surface area contributed by atoms with E-state index in [-0.39, 0.29) is 5.91 Å². The molecule has 7 nitrogen and oxygen atoms in total. The Labute approximate surface area is 143 Å². The first-order chi connectivity index (χ1) is 12.0. The largest absolute Gasteiger partial charge is 0.481 e. The molecule has 5 N–H and O–H groups in total. The number of aliphatic carboxylic acids is 1. The molecule has 7 heteroatoms. The van der Waals surface area contributed by atoms with Crippen molar-refractivity contribution in [1.82, 2.24) is 10.4 Å². The van der Waals surface area contributed by atoms with Crippen molar-refractivity contribution in [3.05, 3.63) is 53.6 Å². The zero-order valence-corrected chi connectivity index (χ0v) is 13.4. The van der Waals surface area contributed by atoms with Gasteiger partial charge in [0.05, 0.1) is 17.5 Å². The summed E-state index contributed by atoms with van der Waals surface area (Å²) >= 11 is 0. The first-order valence-electron chi connectivity index (χ1n) is 7.51. The molecule has 2 aromatic carbocycles. The number of aromatic nitrogens is 1. The van der Waals surface area contributed by atoms with Gasteiger partial charge in [-0.05, 0) is 17.7 Å². The lowest BCUT2D eigenvalue weighted by atomic mass is 10.0. The van der Waals surface area contributed by atoms with Gasteiger partial charge >= 0.3 is 0 Å². The van der Waals surface area contributed by atoms with E-state index in [9.17, 15) is 4.79 Å². The third-order valence-electron chi connectivity index (χ3n) is 3.63. The highest BCUT2D eigenvalue weighted by atomic mass is 16.4. The Morgan fingerprint density at radius 1 is 1.20 bits per heavy atom. The summed E-state index contributed by atoms with van der Waals surface area (Å²) in [7, 11) is 0. The maximum atomic E-state index is 12.1. The number of nitrogens with one attached hydrogen (secondary N) is 2. The summed E-state index contributed by atoms with van der Waals surface area (Å²) in [6, 6.07) is 13.4. The van der Waals surface area contributed by atoms with Gasteiger partial charge in [-0.1, -0.05) is 30.3 Å². The van der Waals surface area contributed by atoms with Gasteiger partial charge in [0.1, 0.15) is 0 Å². The number of carboxylic acids is 1. The fourth-order valence-corrected chi connectivity index (χ4v) is 2.74. The lowest BCUT2D eigenvalue weighted by molar-refractivity contribution is -0.134. The van der Waals surface area contributed by atoms with Crippen molar-refractivity contribution >= 4 is 34.7 Å². The van der Waals surface area contributed by atoms with Crippen LogP contribution in [-0.2, 0) is 4.79 Å². The van der Waals surface area contributed by atoms with E-state index in [2.05, 4.69) is 15.5 Å².